The number of rotatable bonds is 0. The van der Waals surface area contributed by atoms with E-state index in [1.807, 2.05) is 12.1 Å². The lowest BCUT2D eigenvalue weighted by atomic mass is 9.89. The maximum atomic E-state index is 9.46. The van der Waals surface area contributed by atoms with Gasteiger partial charge >= 0.3 is 0 Å². The van der Waals surface area contributed by atoms with Crippen molar-refractivity contribution in [3.8, 4) is 5.75 Å². The molecule has 2 N–H and O–H groups in total. The van der Waals surface area contributed by atoms with Crippen LogP contribution in [0.4, 0.5) is 0 Å². The summed E-state index contributed by atoms with van der Waals surface area (Å²) in [5.74, 6) is 0.374. The van der Waals surface area contributed by atoms with Crippen LogP contribution in [0.1, 0.15) is 17.5 Å². The van der Waals surface area contributed by atoms with Gasteiger partial charge in [0.05, 0.1) is 6.10 Å². The molecule has 0 bridgehead atoms. The van der Waals surface area contributed by atoms with Gasteiger partial charge in [0, 0.05) is 0 Å². The van der Waals surface area contributed by atoms with Crippen molar-refractivity contribution < 1.29 is 10.2 Å². The highest BCUT2D eigenvalue weighted by molar-refractivity contribution is 5.41. The number of aliphatic hydroxyl groups excluding tert-OH is 1. The van der Waals surface area contributed by atoms with E-state index >= 15 is 0 Å². The van der Waals surface area contributed by atoms with Crippen LogP contribution < -0.4 is 0 Å². The molecule has 1 aromatic carbocycles. The first kappa shape index (κ1) is 7.62. The average molecular weight is 164 g/mol. The van der Waals surface area contributed by atoms with Crippen LogP contribution >= 0.6 is 0 Å². The van der Waals surface area contributed by atoms with Gasteiger partial charge in [-0.1, -0.05) is 12.1 Å². The van der Waals surface area contributed by atoms with Crippen molar-refractivity contribution in [1.82, 2.24) is 0 Å². The van der Waals surface area contributed by atoms with Gasteiger partial charge in [0.25, 0.3) is 0 Å². The predicted octanol–water partition coefficient (Wildman–Crippen LogP) is 1.24. The minimum absolute atomic E-state index is 0.223. The molecular formula is C10H12O2. The Morgan fingerprint density at radius 3 is 3.00 bits per heavy atom. The van der Waals surface area contributed by atoms with E-state index < -0.39 is 0 Å². The summed E-state index contributed by atoms with van der Waals surface area (Å²) >= 11 is 0. The van der Waals surface area contributed by atoms with Crippen molar-refractivity contribution >= 4 is 0 Å². The third-order valence-corrected chi connectivity index (χ3v) is 2.43. The second-order valence-electron chi connectivity index (χ2n) is 3.31. The first-order valence-electron chi connectivity index (χ1n) is 4.25. The highest BCUT2D eigenvalue weighted by atomic mass is 16.3. The molecule has 1 aliphatic carbocycles. The molecule has 0 saturated heterocycles. The topological polar surface area (TPSA) is 40.5 Å². The van der Waals surface area contributed by atoms with Gasteiger partial charge in [-0.2, -0.15) is 0 Å². The van der Waals surface area contributed by atoms with Gasteiger partial charge in [0.2, 0.25) is 0 Å². The third-order valence-electron chi connectivity index (χ3n) is 2.43. The molecule has 0 fully saturated rings. The lowest BCUT2D eigenvalue weighted by molar-refractivity contribution is 0.158. The van der Waals surface area contributed by atoms with Crippen molar-refractivity contribution in [2.45, 2.75) is 25.4 Å². The molecule has 0 aromatic heterocycles. The molecule has 0 heterocycles. The fraction of sp³-hybridized carbons (Fsp3) is 0.400. The molecule has 0 amide bonds. The van der Waals surface area contributed by atoms with Crippen molar-refractivity contribution in [3.63, 3.8) is 0 Å². The Kier molecular flexibility index (Phi) is 1.77. The minimum Gasteiger partial charge on any atom is -0.508 e. The van der Waals surface area contributed by atoms with Gasteiger partial charge in [-0.3, -0.25) is 0 Å². The highest BCUT2D eigenvalue weighted by Gasteiger charge is 2.17. The fourth-order valence-corrected chi connectivity index (χ4v) is 1.77. The summed E-state index contributed by atoms with van der Waals surface area (Å²) in [6, 6.07) is 5.50. The molecule has 2 heteroatoms. The van der Waals surface area contributed by atoms with Crippen molar-refractivity contribution in [1.29, 1.82) is 0 Å². The Balaban J connectivity index is 2.42. The quantitative estimate of drug-likeness (QED) is 0.605. The van der Waals surface area contributed by atoms with E-state index in [-0.39, 0.29) is 6.10 Å². The molecule has 12 heavy (non-hydrogen) atoms. The Morgan fingerprint density at radius 2 is 2.17 bits per heavy atom. The van der Waals surface area contributed by atoms with Crippen molar-refractivity contribution in [3.05, 3.63) is 29.3 Å². The van der Waals surface area contributed by atoms with E-state index in [2.05, 4.69) is 0 Å². The second-order valence-corrected chi connectivity index (χ2v) is 3.31. The summed E-state index contributed by atoms with van der Waals surface area (Å²) in [5, 5.41) is 18.8. The van der Waals surface area contributed by atoms with Crippen LogP contribution in [-0.2, 0) is 12.8 Å². The Bertz CT molecular complexity index is 294. The average Bonchev–Trinajstić information content (AvgIpc) is 2.04. The Hall–Kier alpha value is -1.02. The van der Waals surface area contributed by atoms with Gasteiger partial charge in [0.1, 0.15) is 5.75 Å². The highest BCUT2D eigenvalue weighted by Crippen LogP contribution is 2.28. The first-order valence-corrected chi connectivity index (χ1v) is 4.25. The predicted molar refractivity (Wildman–Crippen MR) is 46.1 cm³/mol. The van der Waals surface area contributed by atoms with Crippen LogP contribution in [0, 0.1) is 0 Å². The van der Waals surface area contributed by atoms with Crippen molar-refractivity contribution in [2.75, 3.05) is 0 Å². The van der Waals surface area contributed by atoms with Crippen LogP contribution in [0.15, 0.2) is 18.2 Å². The van der Waals surface area contributed by atoms with Gasteiger partial charge in [-0.05, 0) is 36.5 Å². The molecule has 0 radical (unpaired) electrons. The van der Waals surface area contributed by atoms with Crippen LogP contribution in [0.2, 0.25) is 0 Å². The molecule has 1 unspecified atom stereocenters. The van der Waals surface area contributed by atoms with E-state index in [9.17, 15) is 10.2 Å². The Morgan fingerprint density at radius 1 is 1.33 bits per heavy atom. The maximum Gasteiger partial charge on any atom is 0.119 e. The monoisotopic (exact) mass is 164 g/mol. The molecule has 2 nitrogen and oxygen atoms in total. The standard InChI is InChI=1S/C10H12O2/c11-8-4-5-9-7(6-8)2-1-3-10(9)12/h1-3,8,11-12H,4-6H2. The fourth-order valence-electron chi connectivity index (χ4n) is 1.77. The van der Waals surface area contributed by atoms with Crippen LogP contribution in [0.25, 0.3) is 0 Å². The van der Waals surface area contributed by atoms with E-state index in [0.717, 1.165) is 24.0 Å². The van der Waals surface area contributed by atoms with Crippen LogP contribution in [-0.4, -0.2) is 16.3 Å². The smallest absolute Gasteiger partial charge is 0.119 e. The number of aromatic hydroxyl groups is 1. The SMILES string of the molecule is Oc1cccc2c1CCC(O)C2. The minimum atomic E-state index is -0.223. The molecule has 1 aliphatic rings. The first-order chi connectivity index (χ1) is 5.77. The number of benzene rings is 1. The Labute approximate surface area is 71.5 Å². The van der Waals surface area contributed by atoms with Gasteiger partial charge < -0.3 is 10.2 Å². The molecule has 1 aromatic rings. The van der Waals surface area contributed by atoms with Gasteiger partial charge in [-0.15, -0.1) is 0 Å². The van der Waals surface area contributed by atoms with E-state index in [0.29, 0.717) is 12.2 Å². The van der Waals surface area contributed by atoms with Crippen molar-refractivity contribution in [2.24, 2.45) is 0 Å². The number of aliphatic hydroxyl groups is 1. The van der Waals surface area contributed by atoms with E-state index in [1.54, 1.807) is 6.07 Å². The maximum absolute atomic E-state index is 9.46. The lowest BCUT2D eigenvalue weighted by Gasteiger charge is -2.20. The second kappa shape index (κ2) is 2.79. The number of hydrogen-bond donors (Lipinski definition) is 2. The summed E-state index contributed by atoms with van der Waals surface area (Å²) in [6.07, 6.45) is 2.02. The number of phenolic OH excluding ortho intramolecular Hbond substituents is 1. The molecule has 1 atom stereocenters. The normalized spacial score (nSPS) is 21.9. The molecule has 2 rings (SSSR count). The molecule has 0 saturated carbocycles. The molecule has 0 aliphatic heterocycles. The van der Waals surface area contributed by atoms with Crippen LogP contribution in [0.3, 0.4) is 0 Å². The number of hydrogen-bond acceptors (Lipinski definition) is 2. The zero-order valence-electron chi connectivity index (χ0n) is 6.83. The number of fused-ring (bicyclic) bond motifs is 1. The summed E-state index contributed by atoms with van der Waals surface area (Å²) in [5.41, 5.74) is 2.11. The van der Waals surface area contributed by atoms with E-state index in [1.165, 1.54) is 0 Å². The summed E-state index contributed by atoms with van der Waals surface area (Å²) in [7, 11) is 0. The number of phenols is 1. The molecule has 64 valence electrons. The summed E-state index contributed by atoms with van der Waals surface area (Å²) in [4.78, 5) is 0. The molecule has 0 spiro atoms. The largest absolute Gasteiger partial charge is 0.508 e. The zero-order valence-corrected chi connectivity index (χ0v) is 6.83. The third kappa shape index (κ3) is 1.18. The zero-order chi connectivity index (χ0) is 8.55. The van der Waals surface area contributed by atoms with Gasteiger partial charge in [-0.25, -0.2) is 0 Å². The van der Waals surface area contributed by atoms with E-state index in [4.69, 9.17) is 0 Å². The lowest BCUT2D eigenvalue weighted by Crippen LogP contribution is -2.18. The summed E-state index contributed by atoms with van der Waals surface area (Å²) < 4.78 is 0. The van der Waals surface area contributed by atoms with Gasteiger partial charge in [0.15, 0.2) is 0 Å². The summed E-state index contributed by atoms with van der Waals surface area (Å²) in [6.45, 7) is 0. The van der Waals surface area contributed by atoms with Crippen LogP contribution in [0.5, 0.6) is 5.75 Å². The molecular weight excluding hydrogens is 152 g/mol.